The highest BCUT2D eigenvalue weighted by Gasteiger charge is 2.23. The summed E-state index contributed by atoms with van der Waals surface area (Å²) in [4.78, 5) is 29.6. The van der Waals surface area contributed by atoms with E-state index < -0.39 is 0 Å². The van der Waals surface area contributed by atoms with Gasteiger partial charge in [-0.25, -0.2) is 9.67 Å². The summed E-state index contributed by atoms with van der Waals surface area (Å²) in [6.07, 6.45) is 7.44. The first-order chi connectivity index (χ1) is 13.1. The number of fused-ring (bicyclic) bond motifs is 1. The highest BCUT2D eigenvalue weighted by atomic mass is 16.2. The van der Waals surface area contributed by atoms with Crippen LogP contribution in [-0.2, 0) is 11.3 Å². The second kappa shape index (κ2) is 7.34. The van der Waals surface area contributed by atoms with Crippen LogP contribution in [0.5, 0.6) is 0 Å². The normalized spacial score (nSPS) is 19.9. The number of nitrogens with one attached hydrogen (secondary N) is 1. The molecule has 7 nitrogen and oxygen atoms in total. The van der Waals surface area contributed by atoms with Crippen molar-refractivity contribution in [2.45, 2.75) is 45.2 Å². The molecule has 2 atom stereocenters. The lowest BCUT2D eigenvalue weighted by atomic mass is 9.86. The number of hydrogen-bond acceptors (Lipinski definition) is 4. The molecule has 2 aromatic heterocycles. The zero-order valence-electron chi connectivity index (χ0n) is 15.3. The molecule has 1 fully saturated rings. The van der Waals surface area contributed by atoms with E-state index in [9.17, 15) is 9.59 Å². The van der Waals surface area contributed by atoms with Gasteiger partial charge < -0.3 is 5.32 Å². The van der Waals surface area contributed by atoms with Crippen LogP contribution in [0.4, 0.5) is 0 Å². The van der Waals surface area contributed by atoms with E-state index in [-0.39, 0.29) is 24.1 Å². The minimum atomic E-state index is -0.256. The number of carbonyl (C=O) groups is 1. The third-order valence-corrected chi connectivity index (χ3v) is 5.33. The molecule has 2 heterocycles. The molecule has 0 aliphatic heterocycles. The number of hydrogen-bond donors (Lipinski definition) is 1. The second-order valence-electron chi connectivity index (χ2n) is 7.24. The van der Waals surface area contributed by atoms with Gasteiger partial charge in [-0.3, -0.25) is 14.2 Å². The van der Waals surface area contributed by atoms with Crippen molar-refractivity contribution < 1.29 is 4.79 Å². The first-order valence-corrected chi connectivity index (χ1v) is 9.41. The first kappa shape index (κ1) is 17.5. The summed E-state index contributed by atoms with van der Waals surface area (Å²) in [6, 6.07) is 9.72. The van der Waals surface area contributed by atoms with E-state index in [1.54, 1.807) is 4.68 Å². The van der Waals surface area contributed by atoms with E-state index in [4.69, 9.17) is 0 Å². The van der Waals surface area contributed by atoms with Gasteiger partial charge in [0.15, 0.2) is 5.65 Å². The summed E-state index contributed by atoms with van der Waals surface area (Å²) >= 11 is 0. The SMILES string of the molecule is C[C@@H]1CCCC[C@H]1NC(=O)Cn1cnc2c(cnn2-c2ccccc2)c1=O. The molecule has 1 amide bonds. The van der Waals surface area contributed by atoms with E-state index in [0.717, 1.165) is 24.9 Å². The molecule has 1 aromatic carbocycles. The quantitative estimate of drug-likeness (QED) is 0.769. The molecule has 0 unspecified atom stereocenters. The minimum absolute atomic E-state index is 0.0263. The Kier molecular flexibility index (Phi) is 4.75. The maximum Gasteiger partial charge on any atom is 0.264 e. The number of nitrogens with zero attached hydrogens (tertiary/aromatic N) is 4. The number of aromatic nitrogens is 4. The molecule has 1 aliphatic rings. The lowest BCUT2D eigenvalue weighted by Crippen LogP contribution is -2.43. The highest BCUT2D eigenvalue weighted by Crippen LogP contribution is 2.23. The predicted octanol–water partition coefficient (Wildman–Crippen LogP) is 2.28. The zero-order chi connectivity index (χ0) is 18.8. The Labute approximate surface area is 157 Å². The van der Waals surface area contributed by atoms with Gasteiger partial charge in [-0.1, -0.05) is 38.0 Å². The molecular weight excluding hydrogens is 342 g/mol. The summed E-state index contributed by atoms with van der Waals surface area (Å²) in [5.74, 6) is 0.330. The van der Waals surface area contributed by atoms with Gasteiger partial charge in [0.2, 0.25) is 5.91 Å². The van der Waals surface area contributed by atoms with Crippen molar-refractivity contribution in [3.8, 4) is 5.69 Å². The van der Waals surface area contributed by atoms with Gasteiger partial charge in [-0.2, -0.15) is 5.10 Å². The monoisotopic (exact) mass is 365 g/mol. The second-order valence-corrected chi connectivity index (χ2v) is 7.24. The van der Waals surface area contributed by atoms with Gasteiger partial charge in [0.05, 0.1) is 11.9 Å². The maximum absolute atomic E-state index is 12.8. The van der Waals surface area contributed by atoms with Crippen molar-refractivity contribution in [1.29, 1.82) is 0 Å². The first-order valence-electron chi connectivity index (χ1n) is 9.41. The zero-order valence-corrected chi connectivity index (χ0v) is 15.3. The predicted molar refractivity (Wildman–Crippen MR) is 103 cm³/mol. The molecule has 1 aliphatic carbocycles. The fourth-order valence-electron chi connectivity index (χ4n) is 3.76. The molecule has 0 saturated heterocycles. The minimum Gasteiger partial charge on any atom is -0.352 e. The largest absolute Gasteiger partial charge is 0.352 e. The van der Waals surface area contributed by atoms with Crippen LogP contribution in [-0.4, -0.2) is 31.3 Å². The lowest BCUT2D eigenvalue weighted by molar-refractivity contribution is -0.123. The number of benzene rings is 1. The van der Waals surface area contributed by atoms with E-state index in [1.165, 1.54) is 23.5 Å². The van der Waals surface area contributed by atoms with Crippen molar-refractivity contribution in [2.75, 3.05) is 0 Å². The maximum atomic E-state index is 12.8. The van der Waals surface area contributed by atoms with Crippen LogP contribution >= 0.6 is 0 Å². The molecule has 4 rings (SSSR count). The molecular formula is C20H23N5O2. The van der Waals surface area contributed by atoms with Gasteiger partial charge >= 0.3 is 0 Å². The fraction of sp³-hybridized carbons (Fsp3) is 0.400. The van der Waals surface area contributed by atoms with Crippen LogP contribution in [0.2, 0.25) is 0 Å². The summed E-state index contributed by atoms with van der Waals surface area (Å²) in [5, 5.41) is 7.77. The Balaban J connectivity index is 1.56. The standard InChI is InChI=1S/C20H23N5O2/c1-14-7-5-6-10-17(14)23-18(26)12-24-13-21-19-16(20(24)27)11-22-25(19)15-8-3-2-4-9-15/h2-4,8-9,11,13-14,17H,5-7,10,12H2,1H3,(H,23,26)/t14-,17-/m1/s1. The summed E-state index contributed by atoms with van der Waals surface area (Å²) in [6.45, 7) is 2.14. The van der Waals surface area contributed by atoms with Crippen molar-refractivity contribution >= 4 is 16.9 Å². The fourth-order valence-corrected chi connectivity index (χ4v) is 3.76. The molecule has 0 spiro atoms. The summed E-state index contributed by atoms with van der Waals surface area (Å²) < 4.78 is 2.98. The van der Waals surface area contributed by atoms with Crippen LogP contribution < -0.4 is 10.9 Å². The van der Waals surface area contributed by atoms with E-state index in [0.29, 0.717) is 17.0 Å². The van der Waals surface area contributed by atoms with Gasteiger partial charge in [0, 0.05) is 6.04 Å². The van der Waals surface area contributed by atoms with Crippen LogP contribution in [0.3, 0.4) is 0 Å². The third-order valence-electron chi connectivity index (χ3n) is 5.33. The Morgan fingerprint density at radius 2 is 2.00 bits per heavy atom. The Morgan fingerprint density at radius 3 is 2.78 bits per heavy atom. The topological polar surface area (TPSA) is 81.8 Å². The smallest absolute Gasteiger partial charge is 0.264 e. The molecule has 7 heteroatoms. The number of para-hydroxylation sites is 1. The van der Waals surface area contributed by atoms with Crippen LogP contribution in [0.15, 0.2) is 47.7 Å². The van der Waals surface area contributed by atoms with Crippen LogP contribution in [0.1, 0.15) is 32.6 Å². The molecule has 1 N–H and O–H groups in total. The molecule has 1 saturated carbocycles. The highest BCUT2D eigenvalue weighted by molar-refractivity contribution is 5.78. The lowest BCUT2D eigenvalue weighted by Gasteiger charge is -2.29. The van der Waals surface area contributed by atoms with Crippen LogP contribution in [0.25, 0.3) is 16.7 Å². The number of carbonyl (C=O) groups excluding carboxylic acids is 1. The molecule has 0 bridgehead atoms. The third kappa shape index (κ3) is 3.49. The van der Waals surface area contributed by atoms with Crippen molar-refractivity contribution in [2.24, 2.45) is 5.92 Å². The summed E-state index contributed by atoms with van der Waals surface area (Å²) in [7, 11) is 0. The number of rotatable bonds is 4. The average molecular weight is 365 g/mol. The Bertz CT molecular complexity index is 1010. The van der Waals surface area contributed by atoms with Gasteiger partial charge in [-0.05, 0) is 30.9 Å². The summed E-state index contributed by atoms with van der Waals surface area (Å²) in [5.41, 5.74) is 1.07. The molecule has 3 aromatic rings. The van der Waals surface area contributed by atoms with Crippen molar-refractivity contribution in [3.05, 3.63) is 53.2 Å². The van der Waals surface area contributed by atoms with Gasteiger partial charge in [0.25, 0.3) is 5.56 Å². The van der Waals surface area contributed by atoms with E-state index in [1.807, 2.05) is 30.3 Å². The Hall–Kier alpha value is -2.96. The molecule has 0 radical (unpaired) electrons. The Morgan fingerprint density at radius 1 is 1.22 bits per heavy atom. The number of amides is 1. The van der Waals surface area contributed by atoms with E-state index >= 15 is 0 Å². The van der Waals surface area contributed by atoms with Crippen molar-refractivity contribution in [3.63, 3.8) is 0 Å². The molecule has 140 valence electrons. The van der Waals surface area contributed by atoms with Crippen LogP contribution in [0, 0.1) is 5.92 Å². The van der Waals surface area contributed by atoms with Crippen molar-refractivity contribution in [1.82, 2.24) is 24.6 Å². The van der Waals surface area contributed by atoms with E-state index in [2.05, 4.69) is 22.3 Å². The van der Waals surface area contributed by atoms with Gasteiger partial charge in [-0.15, -0.1) is 0 Å². The van der Waals surface area contributed by atoms with Gasteiger partial charge in [0.1, 0.15) is 18.3 Å². The molecule has 27 heavy (non-hydrogen) atoms. The average Bonchev–Trinajstić information content (AvgIpc) is 3.11.